The quantitative estimate of drug-likeness (QED) is 0.540. The van der Waals surface area contributed by atoms with Crippen molar-refractivity contribution in [1.82, 2.24) is 15.3 Å². The maximum absolute atomic E-state index is 11.6. The zero-order valence-corrected chi connectivity index (χ0v) is 9.47. The summed E-state index contributed by atoms with van der Waals surface area (Å²) in [7, 11) is 1.32. The van der Waals surface area contributed by atoms with Crippen molar-refractivity contribution in [3.63, 3.8) is 0 Å². The van der Waals surface area contributed by atoms with Gasteiger partial charge in [0.15, 0.2) is 11.5 Å². The van der Waals surface area contributed by atoms with Crippen LogP contribution in [0, 0.1) is 0 Å². The number of ether oxygens (including phenoxy) is 1. The monoisotopic (exact) mass is 238 g/mol. The van der Waals surface area contributed by atoms with Crippen molar-refractivity contribution in [3.8, 4) is 0 Å². The van der Waals surface area contributed by atoms with Gasteiger partial charge in [0.05, 0.1) is 7.11 Å². The fourth-order valence-corrected chi connectivity index (χ4v) is 1.14. The Kier molecular flexibility index (Phi) is 4.86. The molecule has 0 aliphatic carbocycles. The molecule has 0 atom stereocenters. The number of anilines is 1. The van der Waals surface area contributed by atoms with Gasteiger partial charge < -0.3 is 15.8 Å². The second kappa shape index (κ2) is 6.41. The summed E-state index contributed by atoms with van der Waals surface area (Å²) in [5, 5.41) is 2.59. The largest absolute Gasteiger partial charge is 0.469 e. The molecule has 7 nitrogen and oxygen atoms in total. The molecule has 0 saturated carbocycles. The van der Waals surface area contributed by atoms with Crippen LogP contribution in [0.25, 0.3) is 0 Å². The lowest BCUT2D eigenvalue weighted by molar-refractivity contribution is -0.140. The van der Waals surface area contributed by atoms with Crippen LogP contribution in [0.3, 0.4) is 0 Å². The fourth-order valence-electron chi connectivity index (χ4n) is 1.14. The van der Waals surface area contributed by atoms with Gasteiger partial charge in [0.1, 0.15) is 0 Å². The number of nitrogen functional groups attached to an aromatic ring is 1. The van der Waals surface area contributed by atoms with Crippen molar-refractivity contribution in [1.29, 1.82) is 0 Å². The highest BCUT2D eigenvalue weighted by Crippen LogP contribution is 2.02. The van der Waals surface area contributed by atoms with E-state index in [0.717, 1.165) is 0 Å². The van der Waals surface area contributed by atoms with E-state index in [9.17, 15) is 9.59 Å². The molecule has 1 aromatic heterocycles. The van der Waals surface area contributed by atoms with Crippen LogP contribution in [0.1, 0.15) is 23.3 Å². The van der Waals surface area contributed by atoms with Crippen LogP contribution in [0.15, 0.2) is 12.4 Å². The van der Waals surface area contributed by atoms with Crippen LogP contribution in [0.4, 0.5) is 5.82 Å². The average molecular weight is 238 g/mol. The van der Waals surface area contributed by atoms with E-state index in [1.54, 1.807) is 0 Å². The van der Waals surface area contributed by atoms with E-state index in [2.05, 4.69) is 20.0 Å². The lowest BCUT2D eigenvalue weighted by atomic mass is 10.3. The van der Waals surface area contributed by atoms with E-state index in [1.807, 2.05) is 0 Å². The molecule has 1 aromatic rings. The molecule has 17 heavy (non-hydrogen) atoms. The predicted molar refractivity (Wildman–Crippen MR) is 60.0 cm³/mol. The van der Waals surface area contributed by atoms with E-state index in [-0.39, 0.29) is 23.9 Å². The van der Waals surface area contributed by atoms with E-state index in [0.29, 0.717) is 13.0 Å². The minimum absolute atomic E-state index is 0.0815. The minimum atomic E-state index is -0.402. The highest BCUT2D eigenvalue weighted by atomic mass is 16.5. The number of nitrogens with zero attached hydrogens (tertiary/aromatic N) is 2. The molecule has 0 bridgehead atoms. The molecule has 0 unspecified atom stereocenters. The first-order chi connectivity index (χ1) is 8.15. The number of rotatable bonds is 5. The molecule has 0 aliphatic heterocycles. The van der Waals surface area contributed by atoms with E-state index in [1.165, 1.54) is 19.5 Å². The number of amides is 1. The smallest absolute Gasteiger partial charge is 0.305 e. The Hall–Kier alpha value is -2.18. The summed E-state index contributed by atoms with van der Waals surface area (Å²) in [6.07, 6.45) is 3.55. The highest BCUT2D eigenvalue weighted by molar-refractivity contribution is 5.96. The zero-order chi connectivity index (χ0) is 12.7. The second-order valence-electron chi connectivity index (χ2n) is 3.23. The summed E-state index contributed by atoms with van der Waals surface area (Å²) in [6, 6.07) is 0. The molecule has 1 amide bonds. The van der Waals surface area contributed by atoms with Gasteiger partial charge in [-0.05, 0) is 6.42 Å². The molecule has 7 heteroatoms. The summed E-state index contributed by atoms with van der Waals surface area (Å²) in [5.41, 5.74) is 5.58. The Balaban J connectivity index is 2.36. The first kappa shape index (κ1) is 12.9. The van der Waals surface area contributed by atoms with Crippen molar-refractivity contribution < 1.29 is 14.3 Å². The number of hydrogen-bond acceptors (Lipinski definition) is 6. The molecular weight excluding hydrogens is 224 g/mol. The SMILES string of the molecule is COC(=O)CCCNC(=O)c1nccnc1N. The van der Waals surface area contributed by atoms with Gasteiger partial charge in [-0.25, -0.2) is 9.97 Å². The molecule has 1 heterocycles. The van der Waals surface area contributed by atoms with Gasteiger partial charge in [-0.15, -0.1) is 0 Å². The van der Waals surface area contributed by atoms with Gasteiger partial charge in [-0.2, -0.15) is 0 Å². The van der Waals surface area contributed by atoms with Gasteiger partial charge >= 0.3 is 5.97 Å². The summed E-state index contributed by atoms with van der Waals surface area (Å²) in [4.78, 5) is 29.9. The maximum atomic E-state index is 11.6. The number of esters is 1. The van der Waals surface area contributed by atoms with Gasteiger partial charge in [-0.3, -0.25) is 9.59 Å². The first-order valence-electron chi connectivity index (χ1n) is 5.06. The Morgan fingerprint density at radius 1 is 1.41 bits per heavy atom. The molecule has 0 aliphatic rings. The number of carbonyl (C=O) groups excluding carboxylic acids is 2. The lowest BCUT2D eigenvalue weighted by Gasteiger charge is -2.05. The molecule has 0 aromatic carbocycles. The summed E-state index contributed by atoms with van der Waals surface area (Å²) in [6.45, 7) is 0.351. The number of hydrogen-bond donors (Lipinski definition) is 2. The topological polar surface area (TPSA) is 107 Å². The normalized spacial score (nSPS) is 9.71. The first-order valence-corrected chi connectivity index (χ1v) is 5.06. The Labute approximate surface area is 98.4 Å². The second-order valence-corrected chi connectivity index (χ2v) is 3.23. The number of aromatic nitrogens is 2. The summed E-state index contributed by atoms with van der Waals surface area (Å²) < 4.78 is 4.47. The minimum Gasteiger partial charge on any atom is -0.469 e. The molecule has 0 radical (unpaired) electrons. The van der Waals surface area contributed by atoms with Crippen LogP contribution in [-0.4, -0.2) is 35.5 Å². The molecule has 0 fully saturated rings. The van der Waals surface area contributed by atoms with E-state index in [4.69, 9.17) is 5.73 Å². The molecule has 0 saturated heterocycles. The Bertz CT molecular complexity index is 408. The van der Waals surface area contributed by atoms with Crippen LogP contribution >= 0.6 is 0 Å². The van der Waals surface area contributed by atoms with Crippen molar-refractivity contribution >= 4 is 17.7 Å². The molecule has 3 N–H and O–H groups in total. The molecule has 0 spiro atoms. The zero-order valence-electron chi connectivity index (χ0n) is 9.47. The average Bonchev–Trinajstić information content (AvgIpc) is 2.34. The van der Waals surface area contributed by atoms with Crippen molar-refractivity contribution in [3.05, 3.63) is 18.1 Å². The van der Waals surface area contributed by atoms with Crippen molar-refractivity contribution in [2.24, 2.45) is 0 Å². The number of methoxy groups -OCH3 is 1. The molecule has 92 valence electrons. The Morgan fingerprint density at radius 2 is 2.12 bits per heavy atom. The van der Waals surface area contributed by atoms with E-state index >= 15 is 0 Å². The maximum Gasteiger partial charge on any atom is 0.305 e. The van der Waals surface area contributed by atoms with Crippen LogP contribution < -0.4 is 11.1 Å². The van der Waals surface area contributed by atoms with Gasteiger partial charge in [0.25, 0.3) is 5.91 Å². The van der Waals surface area contributed by atoms with Crippen LogP contribution in [0.2, 0.25) is 0 Å². The van der Waals surface area contributed by atoms with Gasteiger partial charge in [-0.1, -0.05) is 0 Å². The van der Waals surface area contributed by atoms with Crippen molar-refractivity contribution in [2.45, 2.75) is 12.8 Å². The number of nitrogens with one attached hydrogen (secondary N) is 1. The standard InChI is InChI=1S/C10H14N4O3/c1-17-7(15)3-2-4-14-10(16)8-9(11)13-6-5-12-8/h5-6H,2-4H2,1H3,(H2,11,13)(H,14,16). The predicted octanol–water partition coefficient (Wildman–Crippen LogP) is -0.258. The fraction of sp³-hybridized carbons (Fsp3) is 0.400. The third kappa shape index (κ3) is 4.06. The molecule has 1 rings (SSSR count). The third-order valence-electron chi connectivity index (χ3n) is 2.01. The third-order valence-corrected chi connectivity index (χ3v) is 2.01. The summed E-state index contributed by atoms with van der Waals surface area (Å²) >= 11 is 0. The van der Waals surface area contributed by atoms with Gasteiger partial charge in [0.2, 0.25) is 0 Å². The Morgan fingerprint density at radius 3 is 2.76 bits per heavy atom. The highest BCUT2D eigenvalue weighted by Gasteiger charge is 2.11. The summed E-state index contributed by atoms with van der Waals surface area (Å²) in [5.74, 6) is -0.628. The van der Waals surface area contributed by atoms with Gasteiger partial charge in [0, 0.05) is 25.4 Å². The number of carbonyl (C=O) groups is 2. The van der Waals surface area contributed by atoms with Crippen LogP contribution in [-0.2, 0) is 9.53 Å². The lowest BCUT2D eigenvalue weighted by Crippen LogP contribution is -2.27. The number of nitrogens with two attached hydrogens (primary N) is 1. The van der Waals surface area contributed by atoms with E-state index < -0.39 is 5.91 Å². The van der Waals surface area contributed by atoms with Crippen LogP contribution in [0.5, 0.6) is 0 Å². The van der Waals surface area contributed by atoms with Crippen molar-refractivity contribution in [2.75, 3.05) is 19.4 Å². The molecular formula is C10H14N4O3.